The Kier molecular flexibility index (Phi) is 5.99. The fraction of sp³-hybridized carbons (Fsp3) is 0.208. The molecule has 1 fully saturated rings. The average Bonchev–Trinajstić information content (AvgIpc) is 2.84. The van der Waals surface area contributed by atoms with Crippen LogP contribution in [0.3, 0.4) is 0 Å². The fourth-order valence-electron chi connectivity index (χ4n) is 3.56. The van der Waals surface area contributed by atoms with E-state index in [1.165, 1.54) is 0 Å². The van der Waals surface area contributed by atoms with Crippen molar-refractivity contribution < 1.29 is 11.0 Å². The number of piperazine rings is 1. The summed E-state index contributed by atoms with van der Waals surface area (Å²) in [5.74, 6) is 1.40. The second-order valence-electron chi connectivity index (χ2n) is 7.22. The van der Waals surface area contributed by atoms with Crippen LogP contribution >= 0.6 is 0 Å². The van der Waals surface area contributed by atoms with E-state index in [9.17, 15) is 4.79 Å². The number of nitriles is 1. The highest BCUT2D eigenvalue weighted by Crippen LogP contribution is 2.22. The molecule has 1 N–H and O–H groups in total. The third-order valence-electron chi connectivity index (χ3n) is 5.32. The third-order valence-corrected chi connectivity index (χ3v) is 5.32. The lowest BCUT2D eigenvalue weighted by atomic mass is 10.2. The summed E-state index contributed by atoms with van der Waals surface area (Å²) in [6.07, 6.45) is 1.68. The molecular formula is C24H25N5O2. The normalized spacial score (nSPS) is 13.4. The predicted octanol–water partition coefficient (Wildman–Crippen LogP) is 3.79. The number of carbonyl (C=O) groups is 1. The molecule has 1 saturated heterocycles. The molecule has 2 aromatic carbocycles. The van der Waals surface area contributed by atoms with E-state index < -0.39 is 0 Å². The Morgan fingerprint density at radius 2 is 1.71 bits per heavy atom. The summed E-state index contributed by atoms with van der Waals surface area (Å²) in [4.78, 5) is 21.3. The number of benzene rings is 2. The van der Waals surface area contributed by atoms with Gasteiger partial charge in [-0.2, -0.15) is 5.26 Å². The summed E-state index contributed by atoms with van der Waals surface area (Å²) in [6.45, 7) is 3.38. The topological polar surface area (TPSA) is 81.5 Å². The second kappa shape index (κ2) is 9.18. The zero-order chi connectivity index (χ0) is 21.6. The van der Waals surface area contributed by atoms with Crippen molar-refractivity contribution in [1.29, 1.82) is 5.26 Å². The number of hydrogen-bond acceptors (Lipinski definition) is 6. The van der Waals surface area contributed by atoms with E-state index >= 15 is 0 Å². The lowest BCUT2D eigenvalue weighted by Crippen LogP contribution is -2.46. The molecule has 0 atom stereocenters. The van der Waals surface area contributed by atoms with Gasteiger partial charge in [-0.3, -0.25) is 4.79 Å². The van der Waals surface area contributed by atoms with Gasteiger partial charge in [-0.05, 0) is 60.7 Å². The third kappa shape index (κ3) is 4.75. The monoisotopic (exact) mass is 415 g/mol. The van der Waals surface area contributed by atoms with Crippen LogP contribution < -0.4 is 19.9 Å². The SMILES string of the molecule is COc1ccc(C(=O)Nc2ccc(N3CCN(c4cc(C#N)ccn4)CC3)cc2)cc1.[HH]. The van der Waals surface area contributed by atoms with E-state index in [1.54, 1.807) is 43.6 Å². The van der Waals surface area contributed by atoms with Crippen molar-refractivity contribution in [1.82, 2.24) is 4.98 Å². The number of methoxy groups -OCH3 is 1. The van der Waals surface area contributed by atoms with Crippen LogP contribution in [0.4, 0.5) is 17.2 Å². The second-order valence-corrected chi connectivity index (χ2v) is 7.22. The molecule has 1 aromatic heterocycles. The van der Waals surface area contributed by atoms with Crippen LogP contribution in [0, 0.1) is 11.3 Å². The molecule has 0 aliphatic carbocycles. The average molecular weight is 415 g/mol. The molecule has 3 aromatic rings. The predicted molar refractivity (Wildman–Crippen MR) is 123 cm³/mol. The molecule has 31 heavy (non-hydrogen) atoms. The number of hydrogen-bond donors (Lipinski definition) is 1. The summed E-state index contributed by atoms with van der Waals surface area (Å²) in [5, 5.41) is 12.0. The van der Waals surface area contributed by atoms with Crippen LogP contribution in [-0.2, 0) is 0 Å². The van der Waals surface area contributed by atoms with Crippen LogP contribution in [0.5, 0.6) is 5.75 Å². The first-order valence-electron chi connectivity index (χ1n) is 10.1. The van der Waals surface area contributed by atoms with Gasteiger partial charge >= 0.3 is 0 Å². The first kappa shape index (κ1) is 20.2. The number of pyridine rings is 1. The zero-order valence-corrected chi connectivity index (χ0v) is 17.3. The van der Waals surface area contributed by atoms with Crippen molar-refractivity contribution in [3.05, 3.63) is 78.0 Å². The zero-order valence-electron chi connectivity index (χ0n) is 17.3. The summed E-state index contributed by atoms with van der Waals surface area (Å²) in [6, 6.07) is 20.6. The van der Waals surface area contributed by atoms with E-state index in [2.05, 4.69) is 26.2 Å². The van der Waals surface area contributed by atoms with E-state index in [0.29, 0.717) is 11.1 Å². The summed E-state index contributed by atoms with van der Waals surface area (Å²) < 4.78 is 5.12. The van der Waals surface area contributed by atoms with Crippen LogP contribution in [0.15, 0.2) is 66.9 Å². The van der Waals surface area contributed by atoms with Crippen molar-refractivity contribution in [2.45, 2.75) is 0 Å². The maximum Gasteiger partial charge on any atom is 0.255 e. The molecule has 7 heteroatoms. The van der Waals surface area contributed by atoms with Gasteiger partial charge in [0.1, 0.15) is 11.6 Å². The van der Waals surface area contributed by atoms with Gasteiger partial charge in [0.25, 0.3) is 5.91 Å². The first-order valence-corrected chi connectivity index (χ1v) is 10.1. The minimum atomic E-state index is -0.156. The molecule has 0 saturated carbocycles. The maximum absolute atomic E-state index is 12.4. The smallest absolute Gasteiger partial charge is 0.255 e. The van der Waals surface area contributed by atoms with Crippen molar-refractivity contribution in [2.24, 2.45) is 0 Å². The number of anilines is 3. The molecule has 7 nitrogen and oxygen atoms in total. The minimum Gasteiger partial charge on any atom is -0.497 e. The number of aromatic nitrogens is 1. The molecule has 0 spiro atoms. The van der Waals surface area contributed by atoms with E-state index in [-0.39, 0.29) is 7.33 Å². The van der Waals surface area contributed by atoms with Crippen LogP contribution in [0.2, 0.25) is 0 Å². The quantitative estimate of drug-likeness (QED) is 0.683. The Labute approximate surface area is 183 Å². The van der Waals surface area contributed by atoms with Crippen molar-refractivity contribution in [2.75, 3.05) is 48.4 Å². The lowest BCUT2D eigenvalue weighted by Gasteiger charge is -2.36. The molecule has 158 valence electrons. The van der Waals surface area contributed by atoms with Gasteiger partial charge in [0, 0.05) is 50.7 Å². The standard InChI is InChI=1S/C24H23N5O2.H2/c1-31-22-8-2-19(3-9-22)24(30)27-20-4-6-21(7-5-20)28-12-14-29(15-13-28)23-16-18(17-25)10-11-26-23;/h2-11,16H,12-15H2,1H3,(H,27,30);1H. The lowest BCUT2D eigenvalue weighted by molar-refractivity contribution is 0.102. The van der Waals surface area contributed by atoms with Crippen LogP contribution in [0.1, 0.15) is 17.3 Å². The molecule has 0 bridgehead atoms. The Bertz CT molecular complexity index is 1090. The first-order chi connectivity index (χ1) is 15.2. The number of amides is 1. The Balaban J connectivity index is 0.00000289. The molecule has 1 amide bonds. The Hall–Kier alpha value is -4.05. The van der Waals surface area contributed by atoms with Gasteiger partial charge in [-0.1, -0.05) is 0 Å². The molecule has 0 radical (unpaired) electrons. The maximum atomic E-state index is 12.4. The van der Waals surface area contributed by atoms with Gasteiger partial charge in [0.15, 0.2) is 0 Å². The van der Waals surface area contributed by atoms with Gasteiger partial charge in [-0.15, -0.1) is 0 Å². The molecule has 4 rings (SSSR count). The highest BCUT2D eigenvalue weighted by atomic mass is 16.5. The summed E-state index contributed by atoms with van der Waals surface area (Å²) >= 11 is 0. The highest BCUT2D eigenvalue weighted by molar-refractivity contribution is 6.04. The number of rotatable bonds is 5. The minimum absolute atomic E-state index is 0. The summed E-state index contributed by atoms with van der Waals surface area (Å²) in [7, 11) is 1.60. The van der Waals surface area contributed by atoms with E-state index in [0.717, 1.165) is 49.1 Å². The summed E-state index contributed by atoms with van der Waals surface area (Å²) in [5.41, 5.74) is 3.07. The Morgan fingerprint density at radius 3 is 2.35 bits per heavy atom. The van der Waals surface area contributed by atoms with Crippen molar-refractivity contribution in [3.8, 4) is 11.8 Å². The van der Waals surface area contributed by atoms with Gasteiger partial charge in [0.2, 0.25) is 0 Å². The number of ether oxygens (including phenoxy) is 1. The van der Waals surface area contributed by atoms with Gasteiger partial charge in [-0.25, -0.2) is 4.98 Å². The van der Waals surface area contributed by atoms with Gasteiger partial charge in [0.05, 0.1) is 18.7 Å². The molecular weight excluding hydrogens is 390 g/mol. The van der Waals surface area contributed by atoms with E-state index in [1.807, 2.05) is 30.3 Å². The number of nitrogens with zero attached hydrogens (tertiary/aromatic N) is 4. The molecule has 0 unspecified atom stereocenters. The molecule has 2 heterocycles. The number of nitrogens with one attached hydrogen (secondary N) is 1. The van der Waals surface area contributed by atoms with Crippen LogP contribution in [-0.4, -0.2) is 44.2 Å². The molecule has 1 aliphatic heterocycles. The van der Waals surface area contributed by atoms with Crippen molar-refractivity contribution >= 4 is 23.1 Å². The largest absolute Gasteiger partial charge is 0.497 e. The van der Waals surface area contributed by atoms with Gasteiger partial charge < -0.3 is 19.9 Å². The van der Waals surface area contributed by atoms with E-state index in [4.69, 9.17) is 10.00 Å². The van der Waals surface area contributed by atoms with Crippen LogP contribution in [0.25, 0.3) is 0 Å². The van der Waals surface area contributed by atoms with Crippen molar-refractivity contribution in [3.63, 3.8) is 0 Å². The molecule has 1 aliphatic rings. The highest BCUT2D eigenvalue weighted by Gasteiger charge is 2.18. The fourth-order valence-corrected chi connectivity index (χ4v) is 3.56. The Morgan fingerprint density at radius 1 is 1.03 bits per heavy atom. The number of carbonyl (C=O) groups excluding carboxylic acids is 1.